The Morgan fingerprint density at radius 3 is 2.57 bits per heavy atom. The lowest BCUT2D eigenvalue weighted by Crippen LogP contribution is -2.16. The number of rotatable bonds is 5. The van der Waals surface area contributed by atoms with Crippen LogP contribution in [0.3, 0.4) is 0 Å². The molecule has 0 radical (unpaired) electrons. The Bertz CT molecular complexity index is 624. The third-order valence-corrected chi connectivity index (χ3v) is 3.51. The van der Waals surface area contributed by atoms with Crippen molar-refractivity contribution in [2.75, 3.05) is 16.4 Å². The molecule has 0 saturated heterocycles. The van der Waals surface area contributed by atoms with Crippen molar-refractivity contribution in [1.82, 2.24) is 9.97 Å². The van der Waals surface area contributed by atoms with Gasteiger partial charge in [0.05, 0.1) is 0 Å². The minimum atomic E-state index is 0.316. The van der Waals surface area contributed by atoms with Crippen LogP contribution >= 0.6 is 0 Å². The Balaban J connectivity index is 2.26. The molecule has 0 bridgehead atoms. The number of aromatic nitrogens is 2. The molecular weight excluding hydrogens is 262 g/mol. The lowest BCUT2D eigenvalue weighted by atomic mass is 10.1. The van der Waals surface area contributed by atoms with Gasteiger partial charge in [0.2, 0.25) is 0 Å². The smallest absolute Gasteiger partial charge is 0.159 e. The average molecular weight is 285 g/mol. The summed E-state index contributed by atoms with van der Waals surface area (Å²) in [6.45, 7) is 8.34. The zero-order valence-electron chi connectivity index (χ0n) is 13.1. The molecule has 5 nitrogen and oxygen atoms in total. The molecule has 0 aliphatic rings. The highest BCUT2D eigenvalue weighted by Gasteiger charge is 2.10. The Hall–Kier alpha value is -2.30. The van der Waals surface area contributed by atoms with Gasteiger partial charge in [0.15, 0.2) is 11.6 Å². The van der Waals surface area contributed by atoms with Crippen molar-refractivity contribution < 1.29 is 0 Å². The highest BCUT2D eigenvalue weighted by molar-refractivity contribution is 5.78. The zero-order valence-corrected chi connectivity index (χ0v) is 13.1. The molecular formula is C16H23N5. The van der Waals surface area contributed by atoms with Crippen molar-refractivity contribution in [2.45, 2.75) is 40.2 Å². The fourth-order valence-corrected chi connectivity index (χ4v) is 2.03. The maximum absolute atomic E-state index is 6.16. The maximum atomic E-state index is 6.16. The molecule has 1 heterocycles. The highest BCUT2D eigenvalue weighted by Crippen LogP contribution is 2.28. The van der Waals surface area contributed by atoms with E-state index in [0.29, 0.717) is 23.4 Å². The van der Waals surface area contributed by atoms with E-state index >= 15 is 0 Å². The summed E-state index contributed by atoms with van der Waals surface area (Å²) in [5.41, 5.74) is 10.1. The zero-order chi connectivity index (χ0) is 15.4. The van der Waals surface area contributed by atoms with E-state index in [1.54, 1.807) is 0 Å². The van der Waals surface area contributed by atoms with Gasteiger partial charge in [-0.05, 0) is 38.8 Å². The molecule has 0 fully saturated rings. The highest BCUT2D eigenvalue weighted by atomic mass is 15.1. The van der Waals surface area contributed by atoms with Gasteiger partial charge in [-0.2, -0.15) is 0 Å². The van der Waals surface area contributed by atoms with Crippen LogP contribution in [0.5, 0.6) is 0 Å². The number of nitrogens with one attached hydrogen (secondary N) is 2. The fraction of sp³-hybridized carbons (Fsp3) is 0.375. The molecule has 0 spiro atoms. The van der Waals surface area contributed by atoms with Crippen LogP contribution in [0, 0.1) is 13.8 Å². The molecule has 21 heavy (non-hydrogen) atoms. The second-order valence-corrected chi connectivity index (χ2v) is 5.38. The topological polar surface area (TPSA) is 75.9 Å². The number of nitrogens with zero attached hydrogens (tertiary/aromatic N) is 2. The van der Waals surface area contributed by atoms with E-state index in [-0.39, 0.29) is 0 Å². The monoisotopic (exact) mass is 285 g/mol. The molecule has 112 valence electrons. The van der Waals surface area contributed by atoms with Crippen molar-refractivity contribution in [2.24, 2.45) is 0 Å². The van der Waals surface area contributed by atoms with E-state index in [9.17, 15) is 0 Å². The van der Waals surface area contributed by atoms with Gasteiger partial charge in [0.1, 0.15) is 12.0 Å². The molecule has 1 aromatic carbocycles. The van der Waals surface area contributed by atoms with E-state index in [1.165, 1.54) is 11.9 Å². The van der Waals surface area contributed by atoms with Crippen molar-refractivity contribution >= 4 is 23.0 Å². The summed E-state index contributed by atoms with van der Waals surface area (Å²) >= 11 is 0. The number of benzene rings is 1. The fourth-order valence-electron chi connectivity index (χ4n) is 2.03. The third-order valence-electron chi connectivity index (χ3n) is 3.51. The summed E-state index contributed by atoms with van der Waals surface area (Å²) < 4.78 is 0. The Labute approximate surface area is 126 Å². The van der Waals surface area contributed by atoms with Gasteiger partial charge >= 0.3 is 0 Å². The van der Waals surface area contributed by atoms with Crippen LogP contribution < -0.4 is 16.4 Å². The van der Waals surface area contributed by atoms with Gasteiger partial charge in [-0.3, -0.25) is 0 Å². The number of anilines is 4. The minimum Gasteiger partial charge on any atom is -0.393 e. The first-order valence-corrected chi connectivity index (χ1v) is 7.22. The van der Waals surface area contributed by atoms with Gasteiger partial charge in [-0.1, -0.05) is 24.6 Å². The summed E-state index contributed by atoms with van der Waals surface area (Å²) in [6.07, 6.45) is 2.52. The molecule has 0 aliphatic carbocycles. The van der Waals surface area contributed by atoms with Crippen LogP contribution in [-0.4, -0.2) is 16.0 Å². The third kappa shape index (κ3) is 3.62. The number of nitrogen functional groups attached to an aromatic ring is 1. The van der Waals surface area contributed by atoms with Crippen molar-refractivity contribution in [3.8, 4) is 0 Å². The lowest BCUT2D eigenvalue weighted by molar-refractivity contribution is 0.759. The van der Waals surface area contributed by atoms with Crippen LogP contribution in [0.4, 0.5) is 23.0 Å². The van der Waals surface area contributed by atoms with E-state index in [1.807, 2.05) is 6.07 Å². The Morgan fingerprint density at radius 1 is 1.19 bits per heavy atom. The molecule has 1 atom stereocenters. The standard InChI is InChI=1S/C16H23N5/c1-5-12(4)20-15-14(17)16(19-9-18-15)21-13-7-6-10(2)8-11(13)3/h6-9,12H,5,17H2,1-4H3,(H2,18,19,20,21). The van der Waals surface area contributed by atoms with Crippen LogP contribution in [-0.2, 0) is 0 Å². The quantitative estimate of drug-likeness (QED) is 0.782. The summed E-state index contributed by atoms with van der Waals surface area (Å²) in [5, 5.41) is 6.58. The van der Waals surface area contributed by atoms with Gasteiger partial charge < -0.3 is 16.4 Å². The number of hydrogen-bond acceptors (Lipinski definition) is 5. The SMILES string of the molecule is CCC(C)Nc1ncnc(Nc2ccc(C)cc2C)c1N. The van der Waals surface area contributed by atoms with Crippen LogP contribution in [0.15, 0.2) is 24.5 Å². The number of aryl methyl sites for hydroxylation is 2. The first-order valence-electron chi connectivity index (χ1n) is 7.22. The average Bonchev–Trinajstić information content (AvgIpc) is 2.45. The second kappa shape index (κ2) is 6.43. The molecule has 2 rings (SSSR count). The van der Waals surface area contributed by atoms with Gasteiger partial charge in [0.25, 0.3) is 0 Å². The van der Waals surface area contributed by atoms with Crippen molar-refractivity contribution in [3.05, 3.63) is 35.7 Å². The van der Waals surface area contributed by atoms with Gasteiger partial charge in [-0.15, -0.1) is 0 Å². The van der Waals surface area contributed by atoms with Crippen LogP contribution in [0.25, 0.3) is 0 Å². The molecule has 0 aliphatic heterocycles. The van der Waals surface area contributed by atoms with Crippen LogP contribution in [0.1, 0.15) is 31.4 Å². The Kier molecular flexibility index (Phi) is 4.62. The summed E-state index contributed by atoms with van der Waals surface area (Å²) in [7, 11) is 0. The lowest BCUT2D eigenvalue weighted by Gasteiger charge is -2.16. The minimum absolute atomic E-state index is 0.316. The molecule has 5 heteroatoms. The first kappa shape index (κ1) is 15.1. The van der Waals surface area contributed by atoms with Crippen molar-refractivity contribution in [3.63, 3.8) is 0 Å². The van der Waals surface area contributed by atoms with E-state index in [0.717, 1.165) is 17.7 Å². The van der Waals surface area contributed by atoms with Crippen molar-refractivity contribution in [1.29, 1.82) is 0 Å². The summed E-state index contributed by atoms with van der Waals surface area (Å²) in [5.74, 6) is 1.30. The largest absolute Gasteiger partial charge is 0.393 e. The predicted octanol–water partition coefficient (Wildman–Crippen LogP) is 3.63. The molecule has 0 saturated carbocycles. The van der Waals surface area contributed by atoms with Gasteiger partial charge in [-0.25, -0.2) is 9.97 Å². The van der Waals surface area contributed by atoms with E-state index in [4.69, 9.17) is 5.73 Å². The second-order valence-electron chi connectivity index (χ2n) is 5.38. The molecule has 1 aromatic heterocycles. The molecule has 1 unspecified atom stereocenters. The maximum Gasteiger partial charge on any atom is 0.159 e. The molecule has 2 aromatic rings. The molecule has 0 amide bonds. The Morgan fingerprint density at radius 2 is 1.90 bits per heavy atom. The first-order chi connectivity index (χ1) is 10.0. The van der Waals surface area contributed by atoms with Crippen LogP contribution in [0.2, 0.25) is 0 Å². The van der Waals surface area contributed by atoms with E-state index in [2.05, 4.69) is 60.4 Å². The number of hydrogen-bond donors (Lipinski definition) is 3. The molecule has 4 N–H and O–H groups in total. The van der Waals surface area contributed by atoms with E-state index < -0.39 is 0 Å². The summed E-state index contributed by atoms with van der Waals surface area (Å²) in [4.78, 5) is 8.46. The normalized spacial score (nSPS) is 12.0. The summed E-state index contributed by atoms with van der Waals surface area (Å²) in [6, 6.07) is 6.54. The predicted molar refractivity (Wildman–Crippen MR) is 89.0 cm³/mol. The van der Waals surface area contributed by atoms with Gasteiger partial charge in [0, 0.05) is 11.7 Å². The number of nitrogens with two attached hydrogens (primary N) is 1.